The average molecular weight is 512 g/mol. The maximum Gasteiger partial charge on any atom is 0.252 e. The number of sulfonamides is 1. The van der Waals surface area contributed by atoms with Crippen LogP contribution in [0.5, 0.6) is 0 Å². The van der Waals surface area contributed by atoms with Gasteiger partial charge in [0.1, 0.15) is 10.0 Å². The number of aliphatic hydroxyl groups excluding tert-OH is 1. The molecule has 3 aromatic rings. The van der Waals surface area contributed by atoms with Gasteiger partial charge in [-0.3, -0.25) is 0 Å². The molecule has 4 rings (SSSR count). The highest BCUT2D eigenvalue weighted by molar-refractivity contribution is 9.11. The number of halogens is 1. The third kappa shape index (κ3) is 4.45. The van der Waals surface area contributed by atoms with Crippen LogP contribution in [0.3, 0.4) is 0 Å². The van der Waals surface area contributed by atoms with E-state index >= 15 is 0 Å². The van der Waals surface area contributed by atoms with Crippen molar-refractivity contribution in [3.63, 3.8) is 0 Å². The Morgan fingerprint density at radius 1 is 1.10 bits per heavy atom. The average Bonchev–Trinajstić information content (AvgIpc) is 3.21. The molecule has 2 N–H and O–H groups in total. The standard InChI is InChI=1S/C19H22BrN5O3S2/c20-16-6-7-17(29-16)30(27,28)25-11-9-24(10-12-25)19-22-15-5-2-1-4-14(15)18(23-19)21-8-3-13-26/h1-2,4-7,26H,3,8-13H2,(H,21,22,23). The van der Waals surface area contributed by atoms with Gasteiger partial charge in [-0.2, -0.15) is 9.29 Å². The molecular weight excluding hydrogens is 490 g/mol. The normalized spacial score (nSPS) is 15.6. The van der Waals surface area contributed by atoms with Crippen molar-refractivity contribution < 1.29 is 13.5 Å². The van der Waals surface area contributed by atoms with Crippen LogP contribution in [0, 0.1) is 0 Å². The monoisotopic (exact) mass is 511 g/mol. The minimum atomic E-state index is -3.49. The number of anilines is 2. The van der Waals surface area contributed by atoms with Crippen LogP contribution >= 0.6 is 27.3 Å². The number of thiophene rings is 1. The van der Waals surface area contributed by atoms with E-state index in [9.17, 15) is 8.42 Å². The SMILES string of the molecule is O=S(=O)(c1ccc(Br)s1)N1CCN(c2nc(NCCCO)c3ccccc3n2)CC1. The zero-order valence-electron chi connectivity index (χ0n) is 16.2. The molecule has 160 valence electrons. The molecule has 3 heterocycles. The van der Waals surface area contributed by atoms with Crippen LogP contribution < -0.4 is 10.2 Å². The molecule has 30 heavy (non-hydrogen) atoms. The van der Waals surface area contributed by atoms with E-state index < -0.39 is 10.0 Å². The number of para-hydroxylation sites is 1. The van der Waals surface area contributed by atoms with E-state index in [1.165, 1.54) is 15.6 Å². The molecule has 1 aliphatic rings. The number of nitrogens with one attached hydrogen (secondary N) is 1. The highest BCUT2D eigenvalue weighted by Gasteiger charge is 2.30. The van der Waals surface area contributed by atoms with Crippen molar-refractivity contribution in [2.45, 2.75) is 10.6 Å². The number of piperazine rings is 1. The first-order valence-electron chi connectivity index (χ1n) is 9.61. The molecule has 1 aromatic carbocycles. The molecule has 0 atom stereocenters. The predicted molar refractivity (Wildman–Crippen MR) is 123 cm³/mol. The molecule has 8 nitrogen and oxygen atoms in total. The molecule has 0 spiro atoms. The third-order valence-corrected chi connectivity index (χ3v) is 8.87. The lowest BCUT2D eigenvalue weighted by Gasteiger charge is -2.34. The summed E-state index contributed by atoms with van der Waals surface area (Å²) in [6.45, 7) is 2.50. The Morgan fingerprint density at radius 2 is 1.87 bits per heavy atom. The third-order valence-electron chi connectivity index (χ3n) is 4.88. The maximum absolute atomic E-state index is 12.9. The topological polar surface area (TPSA) is 98.7 Å². The largest absolute Gasteiger partial charge is 0.396 e. The summed E-state index contributed by atoms with van der Waals surface area (Å²) in [5.41, 5.74) is 0.826. The van der Waals surface area contributed by atoms with Crippen molar-refractivity contribution in [1.82, 2.24) is 14.3 Å². The van der Waals surface area contributed by atoms with Crippen LogP contribution in [-0.2, 0) is 10.0 Å². The number of aliphatic hydroxyl groups is 1. The summed E-state index contributed by atoms with van der Waals surface area (Å²) in [4.78, 5) is 11.4. The highest BCUT2D eigenvalue weighted by atomic mass is 79.9. The maximum atomic E-state index is 12.9. The van der Waals surface area contributed by atoms with Gasteiger partial charge in [0, 0.05) is 44.7 Å². The van der Waals surface area contributed by atoms with Crippen molar-refractivity contribution in [1.29, 1.82) is 0 Å². The smallest absolute Gasteiger partial charge is 0.252 e. The number of nitrogens with zero attached hydrogens (tertiary/aromatic N) is 4. The van der Waals surface area contributed by atoms with E-state index in [1.807, 2.05) is 29.2 Å². The minimum Gasteiger partial charge on any atom is -0.396 e. The molecule has 0 amide bonds. The van der Waals surface area contributed by atoms with Crippen molar-refractivity contribution in [3.8, 4) is 0 Å². The summed E-state index contributed by atoms with van der Waals surface area (Å²) in [7, 11) is -3.49. The predicted octanol–water partition coefficient (Wildman–Crippen LogP) is 2.76. The lowest BCUT2D eigenvalue weighted by molar-refractivity contribution is 0.292. The zero-order valence-corrected chi connectivity index (χ0v) is 19.4. The molecule has 0 aliphatic carbocycles. The molecule has 0 bridgehead atoms. The van der Waals surface area contributed by atoms with E-state index in [2.05, 4.69) is 26.2 Å². The Balaban J connectivity index is 1.53. The van der Waals surface area contributed by atoms with Gasteiger partial charge in [0.2, 0.25) is 5.95 Å². The number of aromatic nitrogens is 2. The van der Waals surface area contributed by atoms with E-state index in [0.29, 0.717) is 49.3 Å². The van der Waals surface area contributed by atoms with Crippen LogP contribution in [0.1, 0.15) is 6.42 Å². The second-order valence-corrected chi connectivity index (χ2v) is 11.5. The van der Waals surface area contributed by atoms with Gasteiger partial charge in [0.25, 0.3) is 10.0 Å². The van der Waals surface area contributed by atoms with Crippen LogP contribution in [0.4, 0.5) is 11.8 Å². The quantitative estimate of drug-likeness (QED) is 0.470. The molecule has 11 heteroatoms. The minimum absolute atomic E-state index is 0.111. The molecule has 0 unspecified atom stereocenters. The van der Waals surface area contributed by atoms with E-state index in [-0.39, 0.29) is 6.61 Å². The summed E-state index contributed by atoms with van der Waals surface area (Å²) in [6.07, 6.45) is 0.628. The molecular formula is C19H22BrN5O3S2. The fourth-order valence-electron chi connectivity index (χ4n) is 3.32. The van der Waals surface area contributed by atoms with Crippen molar-refractivity contribution >= 4 is 60.0 Å². The lowest BCUT2D eigenvalue weighted by Crippen LogP contribution is -2.49. The van der Waals surface area contributed by atoms with Gasteiger partial charge in [-0.25, -0.2) is 13.4 Å². The summed E-state index contributed by atoms with van der Waals surface area (Å²) < 4.78 is 28.4. The molecule has 2 aromatic heterocycles. The Kier molecular flexibility index (Phi) is 6.54. The van der Waals surface area contributed by atoms with Gasteiger partial charge < -0.3 is 15.3 Å². The fraction of sp³-hybridized carbons (Fsp3) is 0.368. The number of hydrogen-bond acceptors (Lipinski definition) is 8. The summed E-state index contributed by atoms with van der Waals surface area (Å²) in [6, 6.07) is 11.2. The summed E-state index contributed by atoms with van der Waals surface area (Å²) >= 11 is 4.55. The van der Waals surface area contributed by atoms with Gasteiger partial charge in [0.15, 0.2) is 0 Å². The summed E-state index contributed by atoms with van der Waals surface area (Å²) in [5.74, 6) is 1.30. The van der Waals surface area contributed by atoms with Gasteiger partial charge >= 0.3 is 0 Å². The Morgan fingerprint density at radius 3 is 2.57 bits per heavy atom. The van der Waals surface area contributed by atoms with E-state index in [1.54, 1.807) is 12.1 Å². The lowest BCUT2D eigenvalue weighted by atomic mass is 10.2. The number of rotatable bonds is 7. The van der Waals surface area contributed by atoms with Crippen molar-refractivity contribution in [2.24, 2.45) is 0 Å². The number of fused-ring (bicyclic) bond motifs is 1. The van der Waals surface area contributed by atoms with E-state index in [4.69, 9.17) is 10.1 Å². The van der Waals surface area contributed by atoms with Crippen LogP contribution in [0.25, 0.3) is 10.9 Å². The zero-order chi connectivity index (χ0) is 21.1. The van der Waals surface area contributed by atoms with E-state index in [0.717, 1.165) is 20.5 Å². The number of benzene rings is 1. The Hall–Kier alpha value is -1.79. The molecule has 0 radical (unpaired) electrons. The number of hydrogen-bond donors (Lipinski definition) is 2. The molecule has 0 saturated carbocycles. The van der Waals surface area contributed by atoms with Crippen LogP contribution in [-0.4, -0.2) is 67.1 Å². The molecule has 1 aliphatic heterocycles. The molecule has 1 fully saturated rings. The Bertz CT molecular complexity index is 1130. The second-order valence-electron chi connectivity index (χ2n) is 6.84. The highest BCUT2D eigenvalue weighted by Crippen LogP contribution is 2.30. The first-order valence-corrected chi connectivity index (χ1v) is 12.7. The van der Waals surface area contributed by atoms with Crippen LogP contribution in [0.2, 0.25) is 0 Å². The van der Waals surface area contributed by atoms with Crippen LogP contribution in [0.15, 0.2) is 44.4 Å². The van der Waals surface area contributed by atoms with Gasteiger partial charge in [-0.15, -0.1) is 11.3 Å². The first kappa shape index (κ1) is 21.4. The second kappa shape index (κ2) is 9.15. The Labute approximate surface area is 187 Å². The first-order chi connectivity index (χ1) is 14.5. The van der Waals surface area contributed by atoms with Crippen molar-refractivity contribution in [2.75, 3.05) is 49.5 Å². The van der Waals surface area contributed by atoms with Crippen molar-refractivity contribution in [3.05, 3.63) is 40.2 Å². The van der Waals surface area contributed by atoms with Gasteiger partial charge in [0.05, 0.1) is 9.30 Å². The fourth-order valence-corrected chi connectivity index (χ4v) is 6.90. The molecule has 1 saturated heterocycles. The van der Waals surface area contributed by atoms with Gasteiger partial charge in [-0.05, 0) is 46.6 Å². The summed E-state index contributed by atoms with van der Waals surface area (Å²) in [5, 5.41) is 13.3. The van der Waals surface area contributed by atoms with Gasteiger partial charge in [-0.1, -0.05) is 12.1 Å².